The molecule has 0 saturated heterocycles. The average Bonchev–Trinajstić information content (AvgIpc) is 1.82. The van der Waals surface area contributed by atoms with Gasteiger partial charge in [-0.15, -0.1) is 4.36 Å². The number of carbonyl (C=O) groups excluding carboxylic acids is 1. The van der Waals surface area contributed by atoms with Crippen molar-refractivity contribution in [2.45, 2.75) is 6.04 Å². The minimum Gasteiger partial charge on any atom is -0.480 e. The van der Waals surface area contributed by atoms with E-state index in [1.807, 2.05) is 0 Å². The number of hydrogen-bond donors (Lipinski definition) is 2. The van der Waals surface area contributed by atoms with Gasteiger partial charge >= 0.3 is 12.0 Å². The van der Waals surface area contributed by atoms with Gasteiger partial charge in [0.1, 0.15) is 6.04 Å². The van der Waals surface area contributed by atoms with Gasteiger partial charge in [0, 0.05) is 6.26 Å². The lowest BCUT2D eigenvalue weighted by Gasteiger charge is -2.17. The molecule has 0 radical (unpaired) electrons. The molecule has 7 heteroatoms. The normalized spacial score (nSPS) is 35.1. The lowest BCUT2D eigenvalue weighted by molar-refractivity contribution is -0.138. The molecule has 0 fully saturated rings. The highest BCUT2D eigenvalue weighted by Crippen LogP contribution is 2.03. The number of nitrogens with zero attached hydrogens (tertiary/aromatic N) is 1. The van der Waals surface area contributed by atoms with Crippen LogP contribution in [0.4, 0.5) is 4.79 Å². The number of urea groups is 1. The summed E-state index contributed by atoms with van der Waals surface area (Å²) >= 11 is 0. The minimum absolute atomic E-state index is 0.131. The summed E-state index contributed by atoms with van der Waals surface area (Å²) in [6, 6.07) is -1.89. The first-order valence-corrected chi connectivity index (χ1v) is 5.23. The van der Waals surface area contributed by atoms with Gasteiger partial charge in [-0.1, -0.05) is 0 Å². The summed E-state index contributed by atoms with van der Waals surface area (Å²) in [5.74, 6) is -1.32. The zero-order valence-corrected chi connectivity index (χ0v) is 7.13. The zero-order chi connectivity index (χ0) is 9.35. The van der Waals surface area contributed by atoms with Gasteiger partial charge in [-0.05, 0) is 0 Å². The maximum absolute atomic E-state index is 11.2. The van der Waals surface area contributed by atoms with Crippen LogP contribution in [0.2, 0.25) is 0 Å². The molecule has 1 aliphatic heterocycles. The minimum atomic E-state index is -2.64. The number of amides is 2. The van der Waals surface area contributed by atoms with Crippen molar-refractivity contribution >= 4 is 21.7 Å². The smallest absolute Gasteiger partial charge is 0.349 e. The van der Waals surface area contributed by atoms with Crippen LogP contribution >= 0.6 is 0 Å². The topological polar surface area (TPSA) is 95.8 Å². The number of carboxylic acid groups (broad SMARTS) is 1. The van der Waals surface area contributed by atoms with Crippen molar-refractivity contribution in [3.8, 4) is 0 Å². The molecule has 2 unspecified atom stereocenters. The van der Waals surface area contributed by atoms with Crippen LogP contribution < -0.4 is 5.32 Å². The van der Waals surface area contributed by atoms with E-state index in [0.29, 0.717) is 0 Å². The highest BCUT2D eigenvalue weighted by Gasteiger charge is 2.28. The molecule has 0 aromatic heterocycles. The fourth-order valence-electron chi connectivity index (χ4n) is 0.872. The number of carboxylic acids is 1. The summed E-state index contributed by atoms with van der Waals surface area (Å²) in [5.41, 5.74) is 0. The van der Waals surface area contributed by atoms with Gasteiger partial charge in [0.05, 0.1) is 15.5 Å². The van der Waals surface area contributed by atoms with Gasteiger partial charge in [-0.2, -0.15) is 0 Å². The Morgan fingerprint density at radius 3 is 2.83 bits per heavy atom. The molecular formula is C5H8N2O4S. The third-order valence-electron chi connectivity index (χ3n) is 1.35. The van der Waals surface area contributed by atoms with Gasteiger partial charge in [0.25, 0.3) is 0 Å². The Labute approximate surface area is 69.1 Å². The van der Waals surface area contributed by atoms with E-state index in [1.165, 1.54) is 6.26 Å². The molecule has 68 valence electrons. The highest BCUT2D eigenvalue weighted by atomic mass is 32.2. The molecule has 1 rings (SSSR count). The molecule has 1 heterocycles. The maximum Gasteiger partial charge on any atom is 0.349 e. The van der Waals surface area contributed by atoms with Crippen LogP contribution in [0.25, 0.3) is 0 Å². The second-order valence-electron chi connectivity index (χ2n) is 2.56. The van der Waals surface area contributed by atoms with Crippen molar-refractivity contribution in [3.63, 3.8) is 0 Å². The Balaban J connectivity index is 2.96. The van der Waals surface area contributed by atoms with E-state index < -0.39 is 27.8 Å². The summed E-state index contributed by atoms with van der Waals surface area (Å²) in [7, 11) is -2.64. The van der Waals surface area contributed by atoms with E-state index in [9.17, 15) is 13.8 Å². The lowest BCUT2D eigenvalue weighted by Crippen LogP contribution is -2.47. The first kappa shape index (κ1) is 8.98. The molecule has 2 N–H and O–H groups in total. The van der Waals surface area contributed by atoms with Crippen LogP contribution in [-0.2, 0) is 14.5 Å². The molecule has 2 amide bonds. The second-order valence-corrected chi connectivity index (χ2v) is 4.99. The van der Waals surface area contributed by atoms with Gasteiger partial charge in [-0.25, -0.2) is 13.8 Å². The predicted molar refractivity (Wildman–Crippen MR) is 41.3 cm³/mol. The predicted octanol–water partition coefficient (Wildman–Crippen LogP) is -0.739. The standard InChI is InChI=1S/C5H8N2O4S/c1-12(11)2-3(4(8)9)6-5(10)7-12/h3H,2H2,1H3,(H,6,10)(H,8,9). The second kappa shape index (κ2) is 2.74. The van der Waals surface area contributed by atoms with E-state index in [1.54, 1.807) is 0 Å². The van der Waals surface area contributed by atoms with E-state index in [2.05, 4.69) is 9.68 Å². The molecule has 0 aromatic carbocycles. The third-order valence-corrected chi connectivity index (χ3v) is 2.85. The summed E-state index contributed by atoms with van der Waals surface area (Å²) in [4.78, 5) is 21.1. The number of rotatable bonds is 1. The molecule has 0 bridgehead atoms. The van der Waals surface area contributed by atoms with Gasteiger partial charge in [0.2, 0.25) is 0 Å². The Morgan fingerprint density at radius 2 is 2.42 bits per heavy atom. The highest BCUT2D eigenvalue weighted by molar-refractivity contribution is 7.93. The van der Waals surface area contributed by atoms with Crippen molar-refractivity contribution < 1.29 is 18.9 Å². The fraction of sp³-hybridized carbons (Fsp3) is 0.600. The molecule has 2 atom stereocenters. The Bertz CT molecular complexity index is 341. The summed E-state index contributed by atoms with van der Waals surface area (Å²) in [6.07, 6.45) is 1.27. The van der Waals surface area contributed by atoms with Gasteiger partial charge in [-0.3, -0.25) is 0 Å². The Hall–Kier alpha value is -1.11. The van der Waals surface area contributed by atoms with Crippen molar-refractivity contribution in [2.24, 2.45) is 4.36 Å². The van der Waals surface area contributed by atoms with Crippen molar-refractivity contribution in [3.05, 3.63) is 0 Å². The summed E-state index contributed by atoms with van der Waals surface area (Å²) in [6.45, 7) is 0. The molecule has 0 saturated carbocycles. The quantitative estimate of drug-likeness (QED) is 0.572. The van der Waals surface area contributed by atoms with E-state index in [-0.39, 0.29) is 5.75 Å². The monoisotopic (exact) mass is 192 g/mol. The fourth-order valence-corrected chi connectivity index (χ4v) is 2.19. The molecular weight excluding hydrogens is 184 g/mol. The van der Waals surface area contributed by atoms with Crippen LogP contribution in [0, 0.1) is 0 Å². The molecule has 0 aliphatic carbocycles. The van der Waals surface area contributed by atoms with Crippen molar-refractivity contribution in [1.82, 2.24) is 5.32 Å². The summed E-state index contributed by atoms with van der Waals surface area (Å²) in [5, 5.41) is 10.6. The first-order valence-electron chi connectivity index (χ1n) is 3.14. The summed E-state index contributed by atoms with van der Waals surface area (Å²) < 4.78 is 14.5. The van der Waals surface area contributed by atoms with Crippen molar-refractivity contribution in [1.29, 1.82) is 0 Å². The van der Waals surface area contributed by atoms with Crippen LogP contribution in [0.3, 0.4) is 0 Å². The molecule has 0 spiro atoms. The number of aliphatic carboxylic acids is 1. The molecule has 12 heavy (non-hydrogen) atoms. The SMILES string of the molecule is CS1(=O)=NC(=O)NC(C(=O)O)C1. The lowest BCUT2D eigenvalue weighted by atomic mass is 10.3. The van der Waals surface area contributed by atoms with E-state index in [0.717, 1.165) is 0 Å². The van der Waals surface area contributed by atoms with E-state index in [4.69, 9.17) is 5.11 Å². The Morgan fingerprint density at radius 1 is 1.83 bits per heavy atom. The average molecular weight is 192 g/mol. The van der Waals surface area contributed by atoms with E-state index >= 15 is 0 Å². The van der Waals surface area contributed by atoms with Crippen LogP contribution in [0.15, 0.2) is 4.36 Å². The number of carbonyl (C=O) groups is 2. The third kappa shape index (κ3) is 1.94. The number of hydrogen-bond acceptors (Lipinski definition) is 3. The zero-order valence-electron chi connectivity index (χ0n) is 6.31. The number of nitrogens with one attached hydrogen (secondary N) is 1. The molecule has 6 nitrogen and oxygen atoms in total. The van der Waals surface area contributed by atoms with Crippen LogP contribution in [0.1, 0.15) is 0 Å². The Kier molecular flexibility index (Phi) is 2.05. The molecule has 1 aliphatic rings. The molecule has 0 aromatic rings. The van der Waals surface area contributed by atoms with Crippen molar-refractivity contribution in [2.75, 3.05) is 12.0 Å². The first-order chi connectivity index (χ1) is 5.41. The maximum atomic E-state index is 11.2. The largest absolute Gasteiger partial charge is 0.480 e. The van der Waals surface area contributed by atoms with Gasteiger partial charge in [0.15, 0.2) is 0 Å². The van der Waals surface area contributed by atoms with Crippen LogP contribution in [-0.4, -0.2) is 39.4 Å². The van der Waals surface area contributed by atoms with Crippen LogP contribution in [0.5, 0.6) is 0 Å². The van der Waals surface area contributed by atoms with Gasteiger partial charge < -0.3 is 10.4 Å².